The second-order valence-corrected chi connectivity index (χ2v) is 25.7. The van der Waals surface area contributed by atoms with Crippen LogP contribution >= 0.6 is 0 Å². The highest BCUT2D eigenvalue weighted by Gasteiger charge is 2.23. The third kappa shape index (κ3) is 50.6. The van der Waals surface area contributed by atoms with E-state index >= 15 is 0 Å². The molecule has 0 spiro atoms. The van der Waals surface area contributed by atoms with Crippen molar-refractivity contribution < 1.29 is 25.5 Å². The standard InChI is InChI=1S/C69H143N5O5/c1-6-11-16-21-26-31-36-40-45-65(75)60-72(57-59-74(63-68(78)48-43-38-33-28-23-18-13-8-3)64-69(79)49-44-39-34-29-24-19-14-9-4)56-54-70-50-52-71(53-51-70)55-58-73(61-66(76)46-41-35-30-25-20-15-10-5)62-67(77)47-42-37-32-27-22-17-12-7-2/h65-69,75-79H,6-64H2,1-5H3. The second kappa shape index (κ2) is 58.0. The highest BCUT2D eigenvalue weighted by molar-refractivity contribution is 4.79. The summed E-state index contributed by atoms with van der Waals surface area (Å²) in [6.07, 6.45) is 51.8. The monoisotopic (exact) mass is 1120 g/mol. The Labute approximate surface area is 493 Å². The lowest BCUT2D eigenvalue weighted by atomic mass is 10.0. The first-order chi connectivity index (χ1) is 38.6. The normalized spacial score (nSPS) is 15.8. The molecule has 1 aliphatic heterocycles. The van der Waals surface area contributed by atoms with Crippen molar-refractivity contribution in [2.45, 2.75) is 348 Å². The van der Waals surface area contributed by atoms with Crippen LogP contribution in [0.2, 0.25) is 0 Å². The van der Waals surface area contributed by atoms with Crippen LogP contribution in [0.15, 0.2) is 0 Å². The largest absolute Gasteiger partial charge is 0.392 e. The molecule has 5 N–H and O–H groups in total. The van der Waals surface area contributed by atoms with Crippen LogP contribution in [0.1, 0.15) is 317 Å². The number of unbranched alkanes of at least 4 members (excludes halogenated alkanes) is 34. The van der Waals surface area contributed by atoms with Crippen LogP contribution in [0.25, 0.3) is 0 Å². The number of aliphatic hydroxyl groups is 5. The maximum absolute atomic E-state index is 11.5. The van der Waals surface area contributed by atoms with Gasteiger partial charge < -0.3 is 25.5 Å². The van der Waals surface area contributed by atoms with Gasteiger partial charge in [-0.3, -0.25) is 24.5 Å². The summed E-state index contributed by atoms with van der Waals surface area (Å²) in [5, 5.41) is 56.9. The van der Waals surface area contributed by atoms with Crippen LogP contribution in [0.3, 0.4) is 0 Å². The van der Waals surface area contributed by atoms with E-state index < -0.39 is 0 Å². The van der Waals surface area contributed by atoms with Crippen LogP contribution in [0.4, 0.5) is 0 Å². The molecule has 0 aliphatic carbocycles. The molecule has 0 bridgehead atoms. The van der Waals surface area contributed by atoms with Gasteiger partial charge in [-0.15, -0.1) is 0 Å². The summed E-state index contributed by atoms with van der Waals surface area (Å²) < 4.78 is 0. The van der Waals surface area contributed by atoms with Crippen molar-refractivity contribution >= 4 is 0 Å². The fraction of sp³-hybridized carbons (Fsp3) is 1.00. The molecule has 0 aromatic carbocycles. The van der Waals surface area contributed by atoms with E-state index in [2.05, 4.69) is 59.1 Å². The molecule has 0 aromatic rings. The summed E-state index contributed by atoms with van der Waals surface area (Å²) in [6, 6.07) is 0. The SMILES string of the molecule is CCCCCCCCCCC(O)CN(CCN1CCN(CCN(CC(O)CCCCCCCCC)CC(O)CCCCCCCCCC)CC1)CCN(CC(O)CCCCCCCCCC)CC(O)CCCCCCCCCC. The van der Waals surface area contributed by atoms with Crippen molar-refractivity contribution in [2.24, 2.45) is 0 Å². The van der Waals surface area contributed by atoms with Crippen LogP contribution in [0.5, 0.6) is 0 Å². The van der Waals surface area contributed by atoms with E-state index in [1.165, 1.54) is 218 Å². The van der Waals surface area contributed by atoms with Gasteiger partial charge in [-0.2, -0.15) is 0 Å². The lowest BCUT2D eigenvalue weighted by Gasteiger charge is -2.37. The first-order valence-electron chi connectivity index (χ1n) is 35.7. The summed E-state index contributed by atoms with van der Waals surface area (Å²) in [7, 11) is 0. The van der Waals surface area contributed by atoms with Gasteiger partial charge in [-0.25, -0.2) is 0 Å². The minimum absolute atomic E-state index is 0.341. The number of rotatable bonds is 63. The molecule has 1 heterocycles. The zero-order valence-electron chi connectivity index (χ0n) is 54.1. The van der Waals surface area contributed by atoms with Crippen molar-refractivity contribution in [2.75, 3.05) is 98.2 Å². The third-order valence-corrected chi connectivity index (χ3v) is 17.7. The van der Waals surface area contributed by atoms with E-state index in [4.69, 9.17) is 0 Å². The minimum atomic E-state index is -0.385. The van der Waals surface area contributed by atoms with Crippen LogP contribution in [-0.4, -0.2) is 179 Å². The zero-order valence-corrected chi connectivity index (χ0v) is 54.1. The van der Waals surface area contributed by atoms with Gasteiger partial charge in [-0.1, -0.05) is 285 Å². The molecule has 0 aromatic heterocycles. The molecule has 474 valence electrons. The third-order valence-electron chi connectivity index (χ3n) is 17.7. The van der Waals surface area contributed by atoms with E-state index in [0.717, 1.165) is 130 Å². The molecule has 1 fully saturated rings. The number of hydrogen-bond donors (Lipinski definition) is 5. The molecule has 10 heteroatoms. The van der Waals surface area contributed by atoms with E-state index in [1.54, 1.807) is 0 Å². The molecule has 0 radical (unpaired) electrons. The number of aliphatic hydroxyl groups excluding tert-OH is 5. The van der Waals surface area contributed by atoms with E-state index in [1.807, 2.05) is 0 Å². The summed E-state index contributed by atoms with van der Waals surface area (Å²) in [5.41, 5.74) is 0. The van der Waals surface area contributed by atoms with Crippen molar-refractivity contribution in [3.05, 3.63) is 0 Å². The second-order valence-electron chi connectivity index (χ2n) is 25.7. The summed E-state index contributed by atoms with van der Waals surface area (Å²) in [4.78, 5) is 12.4. The molecule has 79 heavy (non-hydrogen) atoms. The fourth-order valence-corrected chi connectivity index (χ4v) is 12.2. The Bertz CT molecular complexity index is 1170. The van der Waals surface area contributed by atoms with E-state index in [-0.39, 0.29) is 30.5 Å². The molecule has 1 rings (SSSR count). The van der Waals surface area contributed by atoms with Gasteiger partial charge in [0.15, 0.2) is 0 Å². The number of hydrogen-bond acceptors (Lipinski definition) is 10. The Balaban J connectivity index is 2.94. The Hall–Kier alpha value is -0.400. The average Bonchev–Trinajstić information content (AvgIpc) is 3.43. The molecular weight excluding hydrogens is 979 g/mol. The van der Waals surface area contributed by atoms with Gasteiger partial charge in [0.1, 0.15) is 0 Å². The van der Waals surface area contributed by atoms with Crippen molar-refractivity contribution in [1.82, 2.24) is 24.5 Å². The summed E-state index contributed by atoms with van der Waals surface area (Å²) >= 11 is 0. The average molecular weight is 1120 g/mol. The summed E-state index contributed by atoms with van der Waals surface area (Å²) in [6.45, 7) is 24.0. The van der Waals surface area contributed by atoms with Gasteiger partial charge >= 0.3 is 0 Å². The predicted octanol–water partition coefficient (Wildman–Crippen LogP) is 15.6. The molecule has 5 unspecified atom stereocenters. The topological polar surface area (TPSA) is 117 Å². The molecule has 1 aliphatic rings. The smallest absolute Gasteiger partial charge is 0.0667 e. The molecule has 0 amide bonds. The first-order valence-corrected chi connectivity index (χ1v) is 35.7. The predicted molar refractivity (Wildman–Crippen MR) is 344 cm³/mol. The highest BCUT2D eigenvalue weighted by Crippen LogP contribution is 2.18. The number of piperazine rings is 1. The fourth-order valence-electron chi connectivity index (χ4n) is 12.2. The quantitative estimate of drug-likeness (QED) is 0.0377. The van der Waals surface area contributed by atoms with E-state index in [9.17, 15) is 25.5 Å². The van der Waals surface area contributed by atoms with Gasteiger partial charge in [-0.05, 0) is 32.1 Å². The van der Waals surface area contributed by atoms with Crippen molar-refractivity contribution in [3.63, 3.8) is 0 Å². The Morgan fingerprint density at radius 3 is 0.658 bits per heavy atom. The van der Waals surface area contributed by atoms with Crippen LogP contribution in [-0.2, 0) is 0 Å². The minimum Gasteiger partial charge on any atom is -0.392 e. The van der Waals surface area contributed by atoms with Gasteiger partial charge in [0, 0.05) is 98.2 Å². The number of nitrogens with zero attached hydrogens (tertiary/aromatic N) is 5. The van der Waals surface area contributed by atoms with Crippen molar-refractivity contribution in [3.8, 4) is 0 Å². The molecular formula is C69H143N5O5. The lowest BCUT2D eigenvalue weighted by Crippen LogP contribution is -2.51. The Morgan fingerprint density at radius 1 is 0.241 bits per heavy atom. The maximum atomic E-state index is 11.5. The van der Waals surface area contributed by atoms with Gasteiger partial charge in [0.05, 0.1) is 30.5 Å². The first kappa shape index (κ1) is 76.6. The van der Waals surface area contributed by atoms with Gasteiger partial charge in [0.25, 0.3) is 0 Å². The molecule has 1 saturated heterocycles. The molecule has 10 nitrogen and oxygen atoms in total. The van der Waals surface area contributed by atoms with E-state index in [0.29, 0.717) is 32.7 Å². The lowest BCUT2D eigenvalue weighted by molar-refractivity contribution is 0.0419. The highest BCUT2D eigenvalue weighted by atomic mass is 16.3. The van der Waals surface area contributed by atoms with Crippen LogP contribution < -0.4 is 0 Å². The maximum Gasteiger partial charge on any atom is 0.0667 e. The molecule has 0 saturated carbocycles. The van der Waals surface area contributed by atoms with Crippen LogP contribution in [0, 0.1) is 0 Å². The summed E-state index contributed by atoms with van der Waals surface area (Å²) in [5.74, 6) is 0. The zero-order chi connectivity index (χ0) is 57.5. The molecule has 5 atom stereocenters. The van der Waals surface area contributed by atoms with Gasteiger partial charge in [0.2, 0.25) is 0 Å². The van der Waals surface area contributed by atoms with Crippen molar-refractivity contribution in [1.29, 1.82) is 0 Å². The Kier molecular flexibility index (Phi) is 56.3. The Morgan fingerprint density at radius 2 is 0.418 bits per heavy atom.